The number of fused-ring (bicyclic) bond motifs is 1. The normalized spacial score (nSPS) is 12.2. The molecule has 1 aliphatic rings. The summed E-state index contributed by atoms with van der Waals surface area (Å²) in [6.45, 7) is 6.58. The van der Waals surface area contributed by atoms with Gasteiger partial charge < -0.3 is 4.74 Å². The molecule has 25 heavy (non-hydrogen) atoms. The van der Waals surface area contributed by atoms with Crippen molar-refractivity contribution in [1.82, 2.24) is 0 Å². The molecule has 0 fully saturated rings. The van der Waals surface area contributed by atoms with Gasteiger partial charge in [-0.2, -0.15) is 0 Å². The molecular weight excluding hydrogens is 306 g/mol. The van der Waals surface area contributed by atoms with E-state index in [1.54, 1.807) is 0 Å². The molecule has 0 amide bonds. The predicted molar refractivity (Wildman–Crippen MR) is 106 cm³/mol. The van der Waals surface area contributed by atoms with E-state index in [0.717, 1.165) is 22.7 Å². The highest BCUT2D eigenvalue weighted by atomic mass is 16.5. The Morgan fingerprint density at radius 2 is 1.40 bits per heavy atom. The zero-order valence-corrected chi connectivity index (χ0v) is 15.0. The maximum Gasteiger partial charge on any atom is 0.145 e. The summed E-state index contributed by atoms with van der Waals surface area (Å²) >= 11 is 0. The Bertz CT molecular complexity index is 864. The zero-order valence-electron chi connectivity index (χ0n) is 15.0. The second-order valence-corrected chi connectivity index (χ2v) is 5.76. The molecule has 126 valence electrons. The third kappa shape index (κ3) is 3.80. The summed E-state index contributed by atoms with van der Waals surface area (Å²) in [6, 6.07) is 25.0. The van der Waals surface area contributed by atoms with E-state index in [0.29, 0.717) is 6.61 Å². The monoisotopic (exact) mass is 329 g/mol. The van der Waals surface area contributed by atoms with Crippen molar-refractivity contribution < 1.29 is 4.74 Å². The molecule has 0 atom stereocenters. The Hall–Kier alpha value is -2.87. The Labute approximate surface area is 149 Å². The number of aliphatic imine (C=N–C) groups is 1. The molecule has 3 aromatic carbocycles. The molecule has 0 saturated heterocycles. The molecule has 2 nitrogen and oxygen atoms in total. The van der Waals surface area contributed by atoms with Gasteiger partial charge in [-0.25, -0.2) is 4.99 Å². The quantitative estimate of drug-likeness (QED) is 0.548. The van der Waals surface area contributed by atoms with Crippen LogP contribution in [0.2, 0.25) is 0 Å². The molecule has 0 aliphatic carbocycles. The summed E-state index contributed by atoms with van der Waals surface area (Å²) in [5.74, 6) is 0.870. The topological polar surface area (TPSA) is 21.6 Å². The number of benzene rings is 3. The molecule has 0 aromatic heterocycles. The molecule has 0 bridgehead atoms. The molecule has 0 N–H and O–H groups in total. The van der Waals surface area contributed by atoms with Crippen molar-refractivity contribution in [2.75, 3.05) is 6.61 Å². The van der Waals surface area contributed by atoms with Crippen LogP contribution in [-0.4, -0.2) is 12.3 Å². The van der Waals surface area contributed by atoms with Gasteiger partial charge in [0.05, 0.1) is 5.71 Å². The fourth-order valence-corrected chi connectivity index (χ4v) is 2.79. The number of hydrogen-bond acceptors (Lipinski definition) is 2. The van der Waals surface area contributed by atoms with Gasteiger partial charge >= 0.3 is 0 Å². The van der Waals surface area contributed by atoms with E-state index in [9.17, 15) is 0 Å². The molecule has 4 rings (SSSR count). The van der Waals surface area contributed by atoms with Crippen LogP contribution in [0, 0.1) is 6.92 Å². The largest absolute Gasteiger partial charge is 0.485 e. The lowest BCUT2D eigenvalue weighted by atomic mass is 10.0. The van der Waals surface area contributed by atoms with E-state index in [-0.39, 0.29) is 0 Å². The van der Waals surface area contributed by atoms with Crippen LogP contribution < -0.4 is 4.74 Å². The Balaban J connectivity index is 0.000000880. The molecule has 0 radical (unpaired) electrons. The lowest BCUT2D eigenvalue weighted by molar-refractivity contribution is 0.372. The number of rotatable bonds is 2. The molecule has 0 unspecified atom stereocenters. The summed E-state index contributed by atoms with van der Waals surface area (Å²) < 4.78 is 5.86. The second kappa shape index (κ2) is 7.80. The molecule has 1 heterocycles. The number of nitrogens with zero attached hydrogens (tertiary/aromatic N) is 1. The van der Waals surface area contributed by atoms with Crippen LogP contribution in [0.5, 0.6) is 5.75 Å². The first-order valence-electron chi connectivity index (χ1n) is 8.76. The van der Waals surface area contributed by atoms with E-state index >= 15 is 0 Å². The smallest absolute Gasteiger partial charge is 0.145 e. The lowest BCUT2D eigenvalue weighted by Gasteiger charge is -2.17. The van der Waals surface area contributed by atoms with Gasteiger partial charge in [0.2, 0.25) is 0 Å². The van der Waals surface area contributed by atoms with E-state index in [2.05, 4.69) is 61.5 Å². The predicted octanol–water partition coefficient (Wildman–Crippen LogP) is 6.20. The number of ether oxygens (including phenoxy) is 1. The van der Waals surface area contributed by atoms with Crippen molar-refractivity contribution in [1.29, 1.82) is 0 Å². The maximum atomic E-state index is 5.86. The molecule has 0 saturated carbocycles. The summed E-state index contributed by atoms with van der Waals surface area (Å²) in [6.07, 6.45) is 0. The van der Waals surface area contributed by atoms with Crippen molar-refractivity contribution in [2.24, 2.45) is 4.99 Å². The second-order valence-electron chi connectivity index (χ2n) is 5.76. The first-order chi connectivity index (χ1) is 12.3. The van der Waals surface area contributed by atoms with Gasteiger partial charge in [0.1, 0.15) is 18.0 Å². The Morgan fingerprint density at radius 3 is 2.12 bits per heavy atom. The minimum atomic E-state index is 0.515. The van der Waals surface area contributed by atoms with Gasteiger partial charge in [0, 0.05) is 0 Å². The van der Waals surface area contributed by atoms with E-state index < -0.39 is 0 Å². The first-order valence-corrected chi connectivity index (χ1v) is 8.76. The van der Waals surface area contributed by atoms with Crippen molar-refractivity contribution in [3.8, 4) is 16.9 Å². The molecule has 3 aromatic rings. The lowest BCUT2D eigenvalue weighted by Crippen LogP contribution is -2.16. The molecule has 1 aliphatic heterocycles. The third-order valence-corrected chi connectivity index (χ3v) is 4.06. The highest BCUT2D eigenvalue weighted by Gasteiger charge is 2.14. The zero-order chi connectivity index (χ0) is 17.6. The van der Waals surface area contributed by atoms with Gasteiger partial charge in [-0.1, -0.05) is 74.5 Å². The van der Waals surface area contributed by atoms with E-state index in [4.69, 9.17) is 9.73 Å². The highest BCUT2D eigenvalue weighted by molar-refractivity contribution is 6.04. The standard InChI is InChI=1S/C21H17NO.C2H6/c1-15-7-12-19-21(13-15)23-14-20(22-19)18-10-8-17(9-11-18)16-5-3-2-4-6-16;1-2/h2-13H,14H2,1H3;1-2H3. The highest BCUT2D eigenvalue weighted by Crippen LogP contribution is 2.32. The molecule has 0 spiro atoms. The van der Waals surface area contributed by atoms with Crippen molar-refractivity contribution in [3.05, 3.63) is 83.9 Å². The maximum absolute atomic E-state index is 5.86. The van der Waals surface area contributed by atoms with Crippen molar-refractivity contribution in [2.45, 2.75) is 20.8 Å². The van der Waals surface area contributed by atoms with Gasteiger partial charge in [0.15, 0.2) is 0 Å². The summed E-state index contributed by atoms with van der Waals surface area (Å²) in [7, 11) is 0. The van der Waals surface area contributed by atoms with Gasteiger partial charge in [-0.15, -0.1) is 0 Å². The number of hydrogen-bond donors (Lipinski definition) is 0. The van der Waals surface area contributed by atoms with Crippen LogP contribution in [0.15, 0.2) is 77.8 Å². The van der Waals surface area contributed by atoms with Crippen molar-refractivity contribution in [3.63, 3.8) is 0 Å². The molecular formula is C23H23NO. The Morgan fingerprint density at radius 1 is 0.760 bits per heavy atom. The van der Waals surface area contributed by atoms with Gasteiger partial charge in [-0.05, 0) is 41.3 Å². The van der Waals surface area contributed by atoms with E-state index in [1.807, 2.05) is 32.0 Å². The van der Waals surface area contributed by atoms with E-state index in [1.165, 1.54) is 16.7 Å². The van der Waals surface area contributed by atoms with Crippen LogP contribution in [0.1, 0.15) is 25.0 Å². The summed E-state index contributed by atoms with van der Waals surface area (Å²) in [4.78, 5) is 4.75. The van der Waals surface area contributed by atoms with Crippen LogP contribution in [-0.2, 0) is 0 Å². The van der Waals surface area contributed by atoms with Crippen LogP contribution >= 0.6 is 0 Å². The average Bonchev–Trinajstić information content (AvgIpc) is 2.70. The van der Waals surface area contributed by atoms with Crippen LogP contribution in [0.3, 0.4) is 0 Å². The summed E-state index contributed by atoms with van der Waals surface area (Å²) in [5, 5.41) is 0. The number of aryl methyl sites for hydroxylation is 1. The molecule has 2 heteroatoms. The van der Waals surface area contributed by atoms with Crippen LogP contribution in [0.4, 0.5) is 5.69 Å². The SMILES string of the molecule is CC.Cc1ccc2c(c1)OCC(c1ccc(-c3ccccc3)cc1)=N2. The average molecular weight is 329 g/mol. The minimum Gasteiger partial charge on any atom is -0.485 e. The Kier molecular flexibility index (Phi) is 5.30. The van der Waals surface area contributed by atoms with Crippen LogP contribution in [0.25, 0.3) is 11.1 Å². The van der Waals surface area contributed by atoms with Crippen molar-refractivity contribution >= 4 is 11.4 Å². The summed E-state index contributed by atoms with van der Waals surface area (Å²) in [5.41, 5.74) is 6.61. The third-order valence-electron chi connectivity index (χ3n) is 4.06. The first kappa shape index (κ1) is 17.0. The van der Waals surface area contributed by atoms with Gasteiger partial charge in [-0.3, -0.25) is 0 Å². The fourth-order valence-electron chi connectivity index (χ4n) is 2.79. The van der Waals surface area contributed by atoms with Gasteiger partial charge in [0.25, 0.3) is 0 Å². The minimum absolute atomic E-state index is 0.515. The fraction of sp³-hybridized carbons (Fsp3) is 0.174.